The second-order valence-corrected chi connectivity index (χ2v) is 7.43. The van der Waals surface area contributed by atoms with Crippen molar-refractivity contribution in [3.63, 3.8) is 0 Å². The summed E-state index contributed by atoms with van der Waals surface area (Å²) in [5, 5.41) is 10.1. The average Bonchev–Trinajstić information content (AvgIpc) is 2.55. The zero-order valence-corrected chi connectivity index (χ0v) is 15.8. The summed E-state index contributed by atoms with van der Waals surface area (Å²) < 4.78 is 5.19. The molecule has 1 heterocycles. The molecule has 0 aromatic rings. The van der Waals surface area contributed by atoms with Crippen molar-refractivity contribution in [3.05, 3.63) is 11.6 Å². The van der Waals surface area contributed by atoms with Crippen LogP contribution in [0.3, 0.4) is 0 Å². The van der Waals surface area contributed by atoms with Gasteiger partial charge >= 0.3 is 5.97 Å². The average molecular weight is 339 g/mol. The van der Waals surface area contributed by atoms with E-state index in [0.29, 0.717) is 6.42 Å². The Morgan fingerprint density at radius 1 is 1.38 bits per heavy atom. The standard InChI is InChI=1S/C19H33NO4/c1-7-15(20)17(22)13(5)16(21)11(3)8-10(2)9-12(4)18-14(6)19(23)24-18/h8,11-15,17-18,22H,7,9,20H2,1-6H3/b10-8+/t11-,12+,13-,14+,15-,17+,18+/m1/s1. The van der Waals surface area contributed by atoms with E-state index < -0.39 is 12.0 Å². The Bertz CT molecular complexity index is 488. The molecule has 138 valence electrons. The van der Waals surface area contributed by atoms with Crippen LogP contribution in [0.25, 0.3) is 0 Å². The van der Waals surface area contributed by atoms with Crippen molar-refractivity contribution >= 4 is 11.8 Å². The molecule has 7 atom stereocenters. The fourth-order valence-electron chi connectivity index (χ4n) is 3.41. The van der Waals surface area contributed by atoms with Crippen LogP contribution in [0.4, 0.5) is 0 Å². The Kier molecular flexibility index (Phi) is 7.61. The van der Waals surface area contributed by atoms with Gasteiger partial charge < -0.3 is 15.6 Å². The zero-order valence-electron chi connectivity index (χ0n) is 15.8. The first kappa shape index (κ1) is 20.8. The summed E-state index contributed by atoms with van der Waals surface area (Å²) in [7, 11) is 0. The van der Waals surface area contributed by atoms with Gasteiger partial charge in [0.25, 0.3) is 0 Å². The molecule has 3 N–H and O–H groups in total. The predicted octanol–water partition coefficient (Wildman–Crippen LogP) is 2.46. The summed E-state index contributed by atoms with van der Waals surface area (Å²) in [6.45, 7) is 11.4. The smallest absolute Gasteiger partial charge is 0.312 e. The number of nitrogens with two attached hydrogens (primary N) is 1. The summed E-state index contributed by atoms with van der Waals surface area (Å²) in [6.07, 6.45) is 2.52. The normalized spacial score (nSPS) is 27.5. The molecule has 0 bridgehead atoms. The van der Waals surface area contributed by atoms with E-state index in [1.165, 1.54) is 0 Å². The van der Waals surface area contributed by atoms with Crippen LogP contribution in [0.15, 0.2) is 11.6 Å². The van der Waals surface area contributed by atoms with Crippen LogP contribution in [0.2, 0.25) is 0 Å². The lowest BCUT2D eigenvalue weighted by Crippen LogP contribution is -2.47. The number of aliphatic hydroxyl groups excluding tert-OH is 1. The Morgan fingerprint density at radius 2 is 1.96 bits per heavy atom. The van der Waals surface area contributed by atoms with E-state index in [4.69, 9.17) is 10.5 Å². The van der Waals surface area contributed by atoms with E-state index >= 15 is 0 Å². The van der Waals surface area contributed by atoms with Crippen molar-refractivity contribution in [3.8, 4) is 0 Å². The van der Waals surface area contributed by atoms with Gasteiger partial charge in [-0.3, -0.25) is 9.59 Å². The highest BCUT2D eigenvalue weighted by Crippen LogP contribution is 2.31. The van der Waals surface area contributed by atoms with Crippen molar-refractivity contribution in [2.75, 3.05) is 0 Å². The number of carbonyl (C=O) groups is 2. The summed E-state index contributed by atoms with van der Waals surface area (Å²) in [5.41, 5.74) is 6.94. The number of aliphatic hydroxyl groups is 1. The molecule has 1 saturated heterocycles. The molecule has 0 radical (unpaired) electrons. The third-order valence-electron chi connectivity index (χ3n) is 5.18. The van der Waals surface area contributed by atoms with Gasteiger partial charge in [-0.1, -0.05) is 39.3 Å². The van der Waals surface area contributed by atoms with Gasteiger partial charge in [0.1, 0.15) is 11.9 Å². The maximum Gasteiger partial charge on any atom is 0.312 e. The molecule has 0 saturated carbocycles. The summed E-state index contributed by atoms with van der Waals surface area (Å²) in [5.74, 6) is -0.699. The van der Waals surface area contributed by atoms with Crippen molar-refractivity contribution < 1.29 is 19.4 Å². The van der Waals surface area contributed by atoms with Crippen LogP contribution in [0, 0.1) is 23.7 Å². The van der Waals surface area contributed by atoms with E-state index in [0.717, 1.165) is 12.0 Å². The zero-order chi connectivity index (χ0) is 18.6. The van der Waals surface area contributed by atoms with Crippen molar-refractivity contribution in [1.82, 2.24) is 0 Å². The van der Waals surface area contributed by atoms with Gasteiger partial charge in [0.05, 0.1) is 12.0 Å². The van der Waals surface area contributed by atoms with Gasteiger partial charge in [0, 0.05) is 17.9 Å². The van der Waals surface area contributed by atoms with E-state index in [1.54, 1.807) is 6.92 Å². The van der Waals surface area contributed by atoms with Crippen molar-refractivity contribution in [2.24, 2.45) is 29.4 Å². The first-order valence-electron chi connectivity index (χ1n) is 8.95. The highest BCUT2D eigenvalue weighted by Gasteiger charge is 2.41. The van der Waals surface area contributed by atoms with Crippen molar-refractivity contribution in [1.29, 1.82) is 0 Å². The molecule has 1 rings (SSSR count). The van der Waals surface area contributed by atoms with Crippen LogP contribution in [0.5, 0.6) is 0 Å². The number of ether oxygens (including phenoxy) is 1. The van der Waals surface area contributed by atoms with Gasteiger partial charge in [0.15, 0.2) is 0 Å². The summed E-state index contributed by atoms with van der Waals surface area (Å²) in [6, 6.07) is -0.379. The lowest BCUT2D eigenvalue weighted by molar-refractivity contribution is -0.188. The topological polar surface area (TPSA) is 89.6 Å². The monoisotopic (exact) mass is 339 g/mol. The minimum atomic E-state index is -0.812. The largest absolute Gasteiger partial charge is 0.461 e. The molecule has 0 amide bonds. The number of esters is 1. The molecule has 0 spiro atoms. The molecule has 0 aromatic carbocycles. The van der Waals surface area contributed by atoms with Gasteiger partial charge in [-0.2, -0.15) is 0 Å². The minimum absolute atomic E-state index is 0.00171. The summed E-state index contributed by atoms with van der Waals surface area (Å²) in [4.78, 5) is 23.7. The first-order valence-corrected chi connectivity index (χ1v) is 8.95. The number of hydrogen-bond donors (Lipinski definition) is 2. The SMILES string of the molecule is CC[C@@H](N)[C@@H](O)[C@H](C)C(=O)[C@H](C)/C=C(\C)C[C@H](C)[C@@H]1OC(=O)[C@H]1C. The lowest BCUT2D eigenvalue weighted by Gasteiger charge is -2.37. The molecular formula is C19H33NO4. The van der Waals surface area contributed by atoms with E-state index in [2.05, 4.69) is 6.92 Å². The quantitative estimate of drug-likeness (QED) is 0.497. The second-order valence-electron chi connectivity index (χ2n) is 7.43. The van der Waals surface area contributed by atoms with Crippen LogP contribution in [-0.4, -0.2) is 35.1 Å². The maximum atomic E-state index is 12.5. The van der Waals surface area contributed by atoms with Crippen molar-refractivity contribution in [2.45, 2.75) is 72.6 Å². The molecular weight excluding hydrogens is 306 g/mol. The number of rotatable bonds is 9. The number of allylic oxidation sites excluding steroid dienone is 2. The van der Waals surface area contributed by atoms with Crippen LogP contribution >= 0.6 is 0 Å². The van der Waals surface area contributed by atoms with E-state index in [-0.39, 0.29) is 41.7 Å². The highest BCUT2D eigenvalue weighted by molar-refractivity contribution is 5.85. The Balaban J connectivity index is 2.60. The molecule has 0 unspecified atom stereocenters. The van der Waals surface area contributed by atoms with Gasteiger partial charge in [-0.15, -0.1) is 0 Å². The fraction of sp³-hybridized carbons (Fsp3) is 0.789. The maximum absolute atomic E-state index is 12.5. The number of Topliss-reactive ketones (excluding diaryl/α,β-unsaturated/α-hetero) is 1. The van der Waals surface area contributed by atoms with Gasteiger partial charge in [-0.25, -0.2) is 0 Å². The molecule has 1 fully saturated rings. The molecule has 5 nitrogen and oxygen atoms in total. The van der Waals surface area contributed by atoms with Crippen LogP contribution in [0.1, 0.15) is 54.4 Å². The van der Waals surface area contributed by atoms with E-state index in [1.807, 2.05) is 33.8 Å². The van der Waals surface area contributed by atoms with E-state index in [9.17, 15) is 14.7 Å². The Hall–Kier alpha value is -1.20. The van der Waals surface area contributed by atoms with Gasteiger partial charge in [0.2, 0.25) is 0 Å². The lowest BCUT2D eigenvalue weighted by atomic mass is 9.83. The number of hydrogen-bond acceptors (Lipinski definition) is 5. The Morgan fingerprint density at radius 3 is 2.42 bits per heavy atom. The molecule has 1 aliphatic heterocycles. The molecule has 0 aromatic heterocycles. The Labute approximate surface area is 145 Å². The first-order chi connectivity index (χ1) is 11.1. The molecule has 5 heteroatoms. The van der Waals surface area contributed by atoms with Gasteiger partial charge in [-0.05, 0) is 32.6 Å². The third-order valence-corrected chi connectivity index (χ3v) is 5.18. The molecule has 1 aliphatic rings. The fourth-order valence-corrected chi connectivity index (χ4v) is 3.41. The minimum Gasteiger partial charge on any atom is -0.461 e. The van der Waals surface area contributed by atoms with Crippen LogP contribution in [-0.2, 0) is 14.3 Å². The third kappa shape index (κ3) is 4.90. The second kappa shape index (κ2) is 8.77. The van der Waals surface area contributed by atoms with Crippen LogP contribution < -0.4 is 5.73 Å². The number of cyclic esters (lactones) is 1. The molecule has 0 aliphatic carbocycles. The number of carbonyl (C=O) groups excluding carboxylic acids is 2. The highest BCUT2D eigenvalue weighted by atomic mass is 16.6. The summed E-state index contributed by atoms with van der Waals surface area (Å²) >= 11 is 0. The predicted molar refractivity (Wildman–Crippen MR) is 94.2 cm³/mol. The molecule has 24 heavy (non-hydrogen) atoms. The number of ketones is 1.